The van der Waals surface area contributed by atoms with Gasteiger partial charge in [0.05, 0.1) is 5.69 Å². The number of thiophene rings is 1. The highest BCUT2D eigenvalue weighted by Gasteiger charge is 2.22. The molecule has 29 heavy (non-hydrogen) atoms. The second-order valence-electron chi connectivity index (χ2n) is 6.56. The first-order valence-corrected chi connectivity index (χ1v) is 11.7. The van der Waals surface area contributed by atoms with Gasteiger partial charge >= 0.3 is 0 Å². The van der Waals surface area contributed by atoms with Gasteiger partial charge in [0.25, 0.3) is 15.9 Å². The third kappa shape index (κ3) is 4.36. The van der Waals surface area contributed by atoms with Crippen LogP contribution in [0.5, 0.6) is 0 Å². The van der Waals surface area contributed by atoms with Crippen molar-refractivity contribution in [2.75, 3.05) is 16.7 Å². The topological polar surface area (TPSA) is 66.5 Å². The summed E-state index contributed by atoms with van der Waals surface area (Å²) in [5, 5.41) is 4.76. The molecule has 0 radical (unpaired) electrons. The fourth-order valence-corrected chi connectivity index (χ4v) is 5.45. The minimum atomic E-state index is -3.60. The predicted octanol–water partition coefficient (Wildman–Crippen LogP) is 4.95. The first kappa shape index (κ1) is 21.1. The third-order valence-electron chi connectivity index (χ3n) is 4.84. The molecule has 0 aliphatic carbocycles. The van der Waals surface area contributed by atoms with E-state index in [1.165, 1.54) is 22.7 Å². The molecule has 3 rings (SSSR count). The van der Waals surface area contributed by atoms with Crippen LogP contribution in [0.15, 0.2) is 64.2 Å². The Hall–Kier alpha value is -2.64. The Balaban J connectivity index is 1.81. The van der Waals surface area contributed by atoms with Crippen LogP contribution in [0.1, 0.15) is 35.3 Å². The second kappa shape index (κ2) is 8.80. The van der Waals surface area contributed by atoms with Crippen LogP contribution in [0, 0.1) is 0 Å². The number of amides is 1. The molecule has 1 amide bonds. The zero-order valence-electron chi connectivity index (χ0n) is 16.7. The zero-order valence-corrected chi connectivity index (χ0v) is 18.3. The summed E-state index contributed by atoms with van der Waals surface area (Å²) in [7, 11) is -2.09. The van der Waals surface area contributed by atoms with Crippen LogP contribution in [0.2, 0.25) is 0 Å². The minimum Gasteiger partial charge on any atom is -0.321 e. The molecule has 0 saturated heterocycles. The molecule has 0 fully saturated rings. The average Bonchev–Trinajstić information content (AvgIpc) is 3.29. The lowest BCUT2D eigenvalue weighted by Gasteiger charge is -2.19. The summed E-state index contributed by atoms with van der Waals surface area (Å²) in [6, 6.07) is 15.9. The lowest BCUT2D eigenvalue weighted by atomic mass is 10.0. The van der Waals surface area contributed by atoms with E-state index in [4.69, 9.17) is 0 Å². The molecular weight excluding hydrogens is 404 g/mol. The van der Waals surface area contributed by atoms with Crippen molar-refractivity contribution in [2.45, 2.75) is 30.9 Å². The van der Waals surface area contributed by atoms with E-state index in [9.17, 15) is 13.2 Å². The standard InChI is InChI=1S/C22H24N2O3S2/c1-4-16-8-6-9-17(5-2)21(16)23-22(25)18-11-13-19(14-12-18)24(3)29(26,27)20-10-7-15-28-20/h6-15H,4-5H2,1-3H3,(H,23,25). The minimum absolute atomic E-state index is 0.212. The molecule has 0 saturated carbocycles. The van der Waals surface area contributed by atoms with Crippen molar-refractivity contribution < 1.29 is 13.2 Å². The van der Waals surface area contributed by atoms with Crippen LogP contribution >= 0.6 is 11.3 Å². The fraction of sp³-hybridized carbons (Fsp3) is 0.227. The van der Waals surface area contributed by atoms with Crippen molar-refractivity contribution >= 4 is 38.6 Å². The normalized spacial score (nSPS) is 11.3. The summed E-state index contributed by atoms with van der Waals surface area (Å²) in [6.45, 7) is 4.12. The average molecular weight is 429 g/mol. The molecule has 152 valence electrons. The van der Waals surface area contributed by atoms with Crippen LogP contribution < -0.4 is 9.62 Å². The highest BCUT2D eigenvalue weighted by molar-refractivity contribution is 7.94. The maximum atomic E-state index is 12.8. The number of para-hydroxylation sites is 1. The van der Waals surface area contributed by atoms with Crippen LogP contribution in [0.4, 0.5) is 11.4 Å². The van der Waals surface area contributed by atoms with E-state index in [2.05, 4.69) is 19.2 Å². The number of nitrogens with zero attached hydrogens (tertiary/aromatic N) is 1. The smallest absolute Gasteiger partial charge is 0.273 e. The van der Waals surface area contributed by atoms with E-state index >= 15 is 0 Å². The molecule has 1 N–H and O–H groups in total. The number of benzene rings is 2. The van der Waals surface area contributed by atoms with Crippen molar-refractivity contribution in [3.63, 3.8) is 0 Å². The molecule has 7 heteroatoms. The highest BCUT2D eigenvalue weighted by atomic mass is 32.2. The predicted molar refractivity (Wildman–Crippen MR) is 120 cm³/mol. The second-order valence-corrected chi connectivity index (χ2v) is 9.71. The van der Waals surface area contributed by atoms with Gasteiger partial charge in [0.15, 0.2) is 0 Å². The van der Waals surface area contributed by atoms with Gasteiger partial charge in [-0.3, -0.25) is 9.10 Å². The third-order valence-corrected chi connectivity index (χ3v) is 8.00. The van der Waals surface area contributed by atoms with Gasteiger partial charge in [0.2, 0.25) is 0 Å². The number of carbonyl (C=O) groups excluding carboxylic acids is 1. The number of aryl methyl sites for hydroxylation is 2. The molecule has 0 atom stereocenters. The number of rotatable bonds is 7. The van der Waals surface area contributed by atoms with Gasteiger partial charge in [-0.1, -0.05) is 38.1 Å². The maximum Gasteiger partial charge on any atom is 0.273 e. The largest absolute Gasteiger partial charge is 0.321 e. The SMILES string of the molecule is CCc1cccc(CC)c1NC(=O)c1ccc(N(C)S(=O)(=O)c2cccs2)cc1. The van der Waals surface area contributed by atoms with E-state index in [1.54, 1.807) is 41.8 Å². The molecule has 0 aliphatic heterocycles. The highest BCUT2D eigenvalue weighted by Crippen LogP contribution is 2.26. The molecule has 0 unspecified atom stereocenters. The van der Waals surface area contributed by atoms with Gasteiger partial charge in [-0.05, 0) is 59.7 Å². The maximum absolute atomic E-state index is 12.8. The summed E-state index contributed by atoms with van der Waals surface area (Å²) in [6.07, 6.45) is 1.65. The quantitative estimate of drug-likeness (QED) is 0.579. The van der Waals surface area contributed by atoms with Crippen molar-refractivity contribution in [1.29, 1.82) is 0 Å². The van der Waals surface area contributed by atoms with Crippen LogP contribution in [-0.4, -0.2) is 21.4 Å². The molecule has 2 aromatic carbocycles. The van der Waals surface area contributed by atoms with Gasteiger partial charge < -0.3 is 5.32 Å². The van der Waals surface area contributed by atoms with Crippen LogP contribution in [0.25, 0.3) is 0 Å². The Bertz CT molecular complexity index is 1070. The molecule has 3 aromatic rings. The molecular formula is C22H24N2O3S2. The van der Waals surface area contributed by atoms with Gasteiger partial charge in [0.1, 0.15) is 4.21 Å². The summed E-state index contributed by atoms with van der Waals surface area (Å²) >= 11 is 1.18. The van der Waals surface area contributed by atoms with Crippen LogP contribution in [-0.2, 0) is 22.9 Å². The molecule has 1 heterocycles. The van der Waals surface area contributed by atoms with Crippen molar-refractivity contribution in [1.82, 2.24) is 0 Å². The first-order valence-electron chi connectivity index (χ1n) is 9.43. The van der Waals surface area contributed by atoms with Gasteiger partial charge in [-0.15, -0.1) is 11.3 Å². The van der Waals surface area contributed by atoms with E-state index in [-0.39, 0.29) is 10.1 Å². The van der Waals surface area contributed by atoms with E-state index in [0.717, 1.165) is 29.7 Å². The number of hydrogen-bond donors (Lipinski definition) is 1. The zero-order chi connectivity index (χ0) is 21.0. The number of sulfonamides is 1. The van der Waals surface area contributed by atoms with Crippen molar-refractivity contribution in [2.24, 2.45) is 0 Å². The van der Waals surface area contributed by atoms with Gasteiger partial charge in [0, 0.05) is 18.3 Å². The Kier molecular flexibility index (Phi) is 6.39. The Labute approximate surface area is 176 Å². The number of carbonyl (C=O) groups is 1. The number of nitrogens with one attached hydrogen (secondary N) is 1. The molecule has 0 aliphatic rings. The van der Waals surface area contributed by atoms with Gasteiger partial charge in [-0.2, -0.15) is 0 Å². The number of hydrogen-bond acceptors (Lipinski definition) is 4. The van der Waals surface area contributed by atoms with E-state index in [1.807, 2.05) is 18.2 Å². The summed E-state index contributed by atoms with van der Waals surface area (Å²) in [5.74, 6) is -0.212. The van der Waals surface area contributed by atoms with Gasteiger partial charge in [-0.25, -0.2) is 8.42 Å². The first-order chi connectivity index (χ1) is 13.9. The Morgan fingerprint density at radius 3 is 2.10 bits per heavy atom. The van der Waals surface area contributed by atoms with Crippen molar-refractivity contribution in [3.8, 4) is 0 Å². The molecule has 1 aromatic heterocycles. The van der Waals surface area contributed by atoms with E-state index < -0.39 is 10.0 Å². The summed E-state index contributed by atoms with van der Waals surface area (Å²) in [4.78, 5) is 12.8. The molecule has 5 nitrogen and oxygen atoms in total. The number of anilines is 2. The van der Waals surface area contributed by atoms with E-state index in [0.29, 0.717) is 11.3 Å². The molecule has 0 bridgehead atoms. The monoisotopic (exact) mass is 428 g/mol. The Morgan fingerprint density at radius 2 is 1.59 bits per heavy atom. The lowest BCUT2D eigenvalue weighted by molar-refractivity contribution is 0.102. The van der Waals surface area contributed by atoms with Crippen molar-refractivity contribution in [3.05, 3.63) is 76.7 Å². The lowest BCUT2D eigenvalue weighted by Crippen LogP contribution is -2.25. The Morgan fingerprint density at radius 1 is 0.966 bits per heavy atom. The fourth-order valence-electron chi connectivity index (χ4n) is 3.10. The molecule has 0 spiro atoms. The summed E-state index contributed by atoms with van der Waals surface area (Å²) < 4.78 is 26.8. The van der Waals surface area contributed by atoms with Crippen LogP contribution in [0.3, 0.4) is 0 Å². The summed E-state index contributed by atoms with van der Waals surface area (Å²) in [5.41, 5.74) is 4.03.